The zero-order valence-electron chi connectivity index (χ0n) is 12.4. The van der Waals surface area contributed by atoms with Gasteiger partial charge in [0.25, 0.3) is 0 Å². The van der Waals surface area contributed by atoms with Crippen LogP contribution in [-0.4, -0.2) is 29.7 Å². The van der Waals surface area contributed by atoms with Crippen LogP contribution in [-0.2, 0) is 11.2 Å². The van der Waals surface area contributed by atoms with Gasteiger partial charge < -0.3 is 4.90 Å². The number of amides is 1. The fourth-order valence-corrected chi connectivity index (χ4v) is 2.70. The molecule has 1 aliphatic rings. The number of carbonyl (C=O) groups excluding carboxylic acids is 2. The zero-order valence-corrected chi connectivity index (χ0v) is 12.4. The highest BCUT2D eigenvalue weighted by Gasteiger charge is 2.26. The third-order valence-corrected chi connectivity index (χ3v) is 3.95. The van der Waals surface area contributed by atoms with Crippen molar-refractivity contribution < 1.29 is 9.59 Å². The van der Waals surface area contributed by atoms with Gasteiger partial charge in [0, 0.05) is 18.0 Å². The largest absolute Gasteiger partial charge is 0.335 e. The summed E-state index contributed by atoms with van der Waals surface area (Å²) in [5.41, 5.74) is 1.96. The van der Waals surface area contributed by atoms with Crippen LogP contribution in [0.3, 0.4) is 0 Å². The fraction of sp³-hybridized carbons (Fsp3) is 0.529. The first-order valence-corrected chi connectivity index (χ1v) is 7.52. The van der Waals surface area contributed by atoms with Crippen molar-refractivity contribution in [3.63, 3.8) is 0 Å². The quantitative estimate of drug-likeness (QED) is 0.773. The fourth-order valence-electron chi connectivity index (χ4n) is 2.70. The van der Waals surface area contributed by atoms with Gasteiger partial charge in [-0.15, -0.1) is 0 Å². The van der Waals surface area contributed by atoms with Crippen LogP contribution in [0.2, 0.25) is 0 Å². The summed E-state index contributed by atoms with van der Waals surface area (Å²) in [5, 5.41) is 0. The van der Waals surface area contributed by atoms with Crippen molar-refractivity contribution in [3.05, 3.63) is 35.4 Å². The number of benzene rings is 1. The van der Waals surface area contributed by atoms with Gasteiger partial charge in [-0.3, -0.25) is 9.59 Å². The lowest BCUT2D eigenvalue weighted by Gasteiger charge is -2.30. The summed E-state index contributed by atoms with van der Waals surface area (Å²) >= 11 is 0. The normalized spacial score (nSPS) is 19.2. The van der Waals surface area contributed by atoms with E-state index in [1.54, 1.807) is 4.90 Å². The van der Waals surface area contributed by atoms with Crippen molar-refractivity contribution in [1.82, 2.24) is 4.90 Å². The minimum Gasteiger partial charge on any atom is -0.335 e. The minimum atomic E-state index is 0.0375. The molecule has 0 aliphatic carbocycles. The highest BCUT2D eigenvalue weighted by molar-refractivity contribution is 5.99. The van der Waals surface area contributed by atoms with Crippen molar-refractivity contribution in [2.45, 2.75) is 39.5 Å². The third kappa shape index (κ3) is 3.47. The molecule has 0 spiro atoms. The van der Waals surface area contributed by atoms with E-state index in [9.17, 15) is 9.59 Å². The number of rotatable bonds is 5. The van der Waals surface area contributed by atoms with Crippen LogP contribution in [0.1, 0.15) is 49.0 Å². The van der Waals surface area contributed by atoms with Crippen molar-refractivity contribution in [2.75, 3.05) is 13.1 Å². The van der Waals surface area contributed by atoms with Crippen LogP contribution in [0, 0.1) is 5.92 Å². The summed E-state index contributed by atoms with van der Waals surface area (Å²) in [5.74, 6) is 0.214. The molecule has 0 bridgehead atoms. The number of hydrogen-bond donors (Lipinski definition) is 0. The minimum absolute atomic E-state index is 0.0375. The second-order valence-corrected chi connectivity index (χ2v) is 5.67. The number of Topliss-reactive ketones (excluding diaryl/α,β-unsaturated/α-hetero) is 1. The predicted octanol–water partition coefficient (Wildman–Crippen LogP) is 3.08. The molecule has 1 fully saturated rings. The molecule has 1 amide bonds. The molecule has 0 N–H and O–H groups in total. The molecule has 1 aromatic rings. The van der Waals surface area contributed by atoms with Gasteiger partial charge in [-0.1, -0.05) is 44.5 Å². The maximum atomic E-state index is 12.2. The molecule has 1 aromatic carbocycles. The lowest BCUT2D eigenvalue weighted by molar-refractivity contribution is -0.137. The van der Waals surface area contributed by atoms with Crippen LogP contribution in [0.5, 0.6) is 0 Å². The number of nitrogens with zero attached hydrogens (tertiary/aromatic N) is 1. The van der Waals surface area contributed by atoms with Crippen molar-refractivity contribution in [3.8, 4) is 0 Å². The van der Waals surface area contributed by atoms with Gasteiger partial charge in [-0.25, -0.2) is 0 Å². The summed E-state index contributed by atoms with van der Waals surface area (Å²) < 4.78 is 0. The Morgan fingerprint density at radius 1 is 1.30 bits per heavy atom. The Hall–Kier alpha value is -1.64. The van der Waals surface area contributed by atoms with E-state index in [1.807, 2.05) is 31.2 Å². The molecular weight excluding hydrogens is 250 g/mol. The third-order valence-electron chi connectivity index (χ3n) is 3.95. The number of carbonyl (C=O) groups is 2. The van der Waals surface area contributed by atoms with Crippen molar-refractivity contribution >= 4 is 11.7 Å². The molecule has 3 nitrogen and oxygen atoms in total. The van der Waals surface area contributed by atoms with E-state index in [4.69, 9.17) is 0 Å². The molecule has 3 heteroatoms. The molecule has 0 radical (unpaired) electrons. The maximum Gasteiger partial charge on any atom is 0.225 e. The molecule has 2 rings (SSSR count). The molecule has 1 aliphatic heterocycles. The Morgan fingerprint density at radius 2 is 2.00 bits per heavy atom. The molecule has 1 atom stereocenters. The first kappa shape index (κ1) is 14.8. The predicted molar refractivity (Wildman–Crippen MR) is 79.7 cm³/mol. The first-order chi connectivity index (χ1) is 9.61. The maximum absolute atomic E-state index is 12.2. The molecule has 1 heterocycles. The van der Waals surface area contributed by atoms with Gasteiger partial charge in [-0.2, -0.15) is 0 Å². The number of ketones is 1. The molecule has 108 valence electrons. The van der Waals surface area contributed by atoms with Crippen LogP contribution in [0.25, 0.3) is 0 Å². The highest BCUT2D eigenvalue weighted by atomic mass is 16.2. The van der Waals surface area contributed by atoms with Gasteiger partial charge in [0.05, 0.1) is 6.54 Å². The van der Waals surface area contributed by atoms with Gasteiger partial charge in [0.15, 0.2) is 5.78 Å². The summed E-state index contributed by atoms with van der Waals surface area (Å²) in [4.78, 5) is 26.0. The average Bonchev–Trinajstić information content (AvgIpc) is 2.45. The molecule has 0 saturated carbocycles. The number of piperidine rings is 1. The Morgan fingerprint density at radius 3 is 2.65 bits per heavy atom. The molecular formula is C17H23NO2. The SMILES string of the molecule is CCCc1ccc(C(=O)CN2CCCC(C)C2=O)cc1. The van der Waals surface area contributed by atoms with Crippen molar-refractivity contribution in [2.24, 2.45) is 5.92 Å². The van der Waals surface area contributed by atoms with Gasteiger partial charge >= 0.3 is 0 Å². The summed E-state index contributed by atoms with van der Waals surface area (Å²) in [6, 6.07) is 7.78. The van der Waals surface area contributed by atoms with E-state index in [-0.39, 0.29) is 24.2 Å². The van der Waals surface area contributed by atoms with E-state index in [2.05, 4.69) is 6.92 Å². The van der Waals surface area contributed by atoms with E-state index in [0.29, 0.717) is 12.1 Å². The Labute approximate surface area is 121 Å². The number of likely N-dealkylation sites (tertiary alicyclic amines) is 1. The van der Waals surface area contributed by atoms with Crippen LogP contribution < -0.4 is 0 Å². The lowest BCUT2D eigenvalue weighted by Crippen LogP contribution is -2.43. The summed E-state index contributed by atoms with van der Waals surface area (Å²) in [7, 11) is 0. The van der Waals surface area contributed by atoms with Crippen LogP contribution >= 0.6 is 0 Å². The Bertz CT molecular complexity index is 478. The van der Waals surface area contributed by atoms with E-state index < -0.39 is 0 Å². The monoisotopic (exact) mass is 273 g/mol. The van der Waals surface area contributed by atoms with E-state index in [1.165, 1.54) is 5.56 Å². The molecule has 1 unspecified atom stereocenters. The first-order valence-electron chi connectivity index (χ1n) is 7.52. The van der Waals surface area contributed by atoms with Gasteiger partial charge in [0.1, 0.15) is 0 Å². The highest BCUT2D eigenvalue weighted by Crippen LogP contribution is 2.17. The van der Waals surface area contributed by atoms with E-state index >= 15 is 0 Å². The van der Waals surface area contributed by atoms with Crippen molar-refractivity contribution in [1.29, 1.82) is 0 Å². The molecule has 20 heavy (non-hydrogen) atoms. The van der Waals surface area contributed by atoms with Gasteiger partial charge in [0.2, 0.25) is 5.91 Å². The van der Waals surface area contributed by atoms with Crippen LogP contribution in [0.15, 0.2) is 24.3 Å². The summed E-state index contributed by atoms with van der Waals surface area (Å²) in [6.07, 6.45) is 4.08. The molecule has 1 saturated heterocycles. The van der Waals surface area contributed by atoms with Gasteiger partial charge in [-0.05, 0) is 24.8 Å². The van der Waals surface area contributed by atoms with E-state index in [0.717, 1.165) is 25.7 Å². The van der Waals surface area contributed by atoms with Crippen LogP contribution in [0.4, 0.5) is 0 Å². The topological polar surface area (TPSA) is 37.4 Å². The Kier molecular flexibility index (Phi) is 4.94. The number of hydrogen-bond acceptors (Lipinski definition) is 2. The second-order valence-electron chi connectivity index (χ2n) is 5.67. The standard InChI is InChI=1S/C17H23NO2/c1-3-5-14-7-9-15(10-8-14)16(19)12-18-11-4-6-13(2)17(18)20/h7-10,13H,3-6,11-12H2,1-2H3. The number of aryl methyl sites for hydroxylation is 1. The molecule has 0 aromatic heterocycles. The second kappa shape index (κ2) is 6.69. The average molecular weight is 273 g/mol. The smallest absolute Gasteiger partial charge is 0.225 e. The zero-order chi connectivity index (χ0) is 14.5. The lowest BCUT2D eigenvalue weighted by atomic mass is 9.98. The summed E-state index contributed by atoms with van der Waals surface area (Å²) in [6.45, 7) is 5.01. The Balaban J connectivity index is 1.99.